The Kier molecular flexibility index (Phi) is 3.79. The van der Waals surface area contributed by atoms with Crippen LogP contribution in [0.25, 0.3) is 12.2 Å². The molecule has 0 amide bonds. The van der Waals surface area contributed by atoms with Crippen molar-refractivity contribution in [2.24, 2.45) is 0 Å². The zero-order chi connectivity index (χ0) is 13.0. The lowest BCUT2D eigenvalue weighted by Gasteiger charge is -2.01. The number of rotatable bonds is 3. The van der Waals surface area contributed by atoms with Gasteiger partial charge >= 0.3 is 0 Å². The van der Waals surface area contributed by atoms with Gasteiger partial charge in [-0.25, -0.2) is 4.98 Å². The van der Waals surface area contributed by atoms with Gasteiger partial charge in [-0.2, -0.15) is 4.98 Å². The van der Waals surface area contributed by atoms with Gasteiger partial charge in [-0.3, -0.25) is 0 Å². The molecule has 0 saturated carbocycles. The van der Waals surface area contributed by atoms with Gasteiger partial charge in [0.15, 0.2) is 0 Å². The molecule has 0 atom stereocenters. The molecule has 1 aromatic carbocycles. The predicted octanol–water partition coefficient (Wildman–Crippen LogP) is 2.89. The molecule has 1 aromatic heterocycles. The van der Waals surface area contributed by atoms with E-state index >= 15 is 0 Å². The van der Waals surface area contributed by atoms with Crippen molar-refractivity contribution in [1.29, 1.82) is 0 Å². The van der Waals surface area contributed by atoms with E-state index in [2.05, 4.69) is 9.97 Å². The third-order valence-corrected chi connectivity index (χ3v) is 2.52. The highest BCUT2D eigenvalue weighted by Crippen LogP contribution is 2.14. The van der Waals surface area contributed by atoms with E-state index in [0.717, 1.165) is 5.56 Å². The highest BCUT2D eigenvalue weighted by atomic mass is 35.5. The highest BCUT2D eigenvalue weighted by molar-refractivity contribution is 6.30. The van der Waals surface area contributed by atoms with Crippen LogP contribution < -0.4 is 10.5 Å². The van der Waals surface area contributed by atoms with Crippen LogP contribution in [0.5, 0.6) is 5.88 Å². The number of nitrogens with zero attached hydrogens (tertiary/aromatic N) is 2. The number of nitrogens with two attached hydrogens (primary N) is 1. The second-order valence-electron chi connectivity index (χ2n) is 3.58. The summed E-state index contributed by atoms with van der Waals surface area (Å²) in [6.45, 7) is 0. The van der Waals surface area contributed by atoms with Crippen LogP contribution >= 0.6 is 11.6 Å². The van der Waals surface area contributed by atoms with Gasteiger partial charge in [0.05, 0.1) is 12.8 Å². The van der Waals surface area contributed by atoms with Crippen molar-refractivity contribution in [3.05, 3.63) is 46.6 Å². The van der Waals surface area contributed by atoms with Gasteiger partial charge in [-0.15, -0.1) is 0 Å². The summed E-state index contributed by atoms with van der Waals surface area (Å²) in [6, 6.07) is 9.20. The van der Waals surface area contributed by atoms with E-state index in [1.807, 2.05) is 36.4 Å². The molecular weight excluding hydrogens is 250 g/mol. The number of methoxy groups -OCH3 is 1. The smallest absolute Gasteiger partial charge is 0.223 e. The molecule has 0 spiro atoms. The van der Waals surface area contributed by atoms with Crippen LogP contribution in [0, 0.1) is 0 Å². The Morgan fingerprint density at radius 1 is 1.17 bits per heavy atom. The van der Waals surface area contributed by atoms with E-state index in [-0.39, 0.29) is 5.95 Å². The minimum atomic E-state index is 0.185. The Balaban J connectivity index is 2.22. The van der Waals surface area contributed by atoms with Gasteiger partial charge in [0, 0.05) is 11.1 Å². The molecule has 0 aliphatic carbocycles. The minimum absolute atomic E-state index is 0.185. The molecule has 0 unspecified atom stereocenters. The van der Waals surface area contributed by atoms with Gasteiger partial charge in [0.2, 0.25) is 11.8 Å². The maximum Gasteiger partial charge on any atom is 0.223 e. The molecule has 2 rings (SSSR count). The number of halogens is 1. The predicted molar refractivity (Wildman–Crippen MR) is 73.4 cm³/mol. The van der Waals surface area contributed by atoms with E-state index in [1.54, 1.807) is 6.07 Å². The fourth-order valence-corrected chi connectivity index (χ4v) is 1.53. The van der Waals surface area contributed by atoms with Crippen molar-refractivity contribution < 1.29 is 4.74 Å². The van der Waals surface area contributed by atoms with E-state index < -0.39 is 0 Å². The second-order valence-corrected chi connectivity index (χ2v) is 4.01. The Morgan fingerprint density at radius 2 is 1.89 bits per heavy atom. The van der Waals surface area contributed by atoms with Crippen molar-refractivity contribution in [3.8, 4) is 5.88 Å². The van der Waals surface area contributed by atoms with E-state index in [1.165, 1.54) is 7.11 Å². The van der Waals surface area contributed by atoms with Gasteiger partial charge < -0.3 is 10.5 Å². The van der Waals surface area contributed by atoms with Gasteiger partial charge in [-0.1, -0.05) is 29.8 Å². The molecule has 0 fully saturated rings. The fraction of sp³-hybridized carbons (Fsp3) is 0.0769. The van der Waals surface area contributed by atoms with Crippen LogP contribution in [0.15, 0.2) is 30.3 Å². The molecule has 92 valence electrons. The van der Waals surface area contributed by atoms with E-state index in [0.29, 0.717) is 16.6 Å². The maximum atomic E-state index is 5.81. The first-order valence-electron chi connectivity index (χ1n) is 5.29. The fourth-order valence-electron chi connectivity index (χ4n) is 1.41. The quantitative estimate of drug-likeness (QED) is 0.923. The van der Waals surface area contributed by atoms with Crippen LogP contribution in [0.1, 0.15) is 11.3 Å². The second kappa shape index (κ2) is 5.51. The SMILES string of the molecule is COc1cc(/C=C/c2ccc(Cl)cc2)nc(N)n1. The zero-order valence-corrected chi connectivity index (χ0v) is 10.6. The third kappa shape index (κ3) is 3.21. The molecule has 1 heterocycles. The van der Waals surface area contributed by atoms with Crippen molar-refractivity contribution in [1.82, 2.24) is 9.97 Å². The Labute approximate surface area is 110 Å². The van der Waals surface area contributed by atoms with Crippen LogP contribution in [-0.2, 0) is 0 Å². The first-order valence-corrected chi connectivity index (χ1v) is 5.67. The van der Waals surface area contributed by atoms with Crippen molar-refractivity contribution >= 4 is 29.7 Å². The number of ether oxygens (including phenoxy) is 1. The summed E-state index contributed by atoms with van der Waals surface area (Å²) in [5, 5.41) is 0.708. The van der Waals surface area contributed by atoms with Gasteiger partial charge in [0.1, 0.15) is 0 Å². The normalized spacial score (nSPS) is 10.8. The summed E-state index contributed by atoms with van der Waals surface area (Å²) in [7, 11) is 1.54. The Bertz CT molecular complexity index is 567. The van der Waals surface area contributed by atoms with Crippen LogP contribution in [0.3, 0.4) is 0 Å². The Hall–Kier alpha value is -2.07. The summed E-state index contributed by atoms with van der Waals surface area (Å²) in [6.07, 6.45) is 3.75. The standard InChI is InChI=1S/C13H12ClN3O/c1-18-12-8-11(16-13(15)17-12)7-4-9-2-5-10(14)6-3-9/h2-8H,1H3,(H2,15,16,17)/b7-4+. The maximum absolute atomic E-state index is 5.81. The molecule has 4 nitrogen and oxygen atoms in total. The molecule has 0 aliphatic rings. The lowest BCUT2D eigenvalue weighted by atomic mass is 10.2. The van der Waals surface area contributed by atoms with Gasteiger partial charge in [0.25, 0.3) is 0 Å². The zero-order valence-electron chi connectivity index (χ0n) is 9.80. The molecule has 18 heavy (non-hydrogen) atoms. The average molecular weight is 262 g/mol. The van der Waals surface area contributed by atoms with Crippen LogP contribution in [0.4, 0.5) is 5.95 Å². The molecular formula is C13H12ClN3O. The highest BCUT2D eigenvalue weighted by Gasteiger charge is 1.99. The number of hydrogen-bond acceptors (Lipinski definition) is 4. The van der Waals surface area contributed by atoms with Crippen molar-refractivity contribution in [2.45, 2.75) is 0 Å². The number of anilines is 1. The van der Waals surface area contributed by atoms with Crippen molar-refractivity contribution in [2.75, 3.05) is 12.8 Å². The first-order chi connectivity index (χ1) is 8.67. The van der Waals surface area contributed by atoms with E-state index in [4.69, 9.17) is 22.1 Å². The molecule has 0 bridgehead atoms. The number of aromatic nitrogens is 2. The summed E-state index contributed by atoms with van der Waals surface area (Å²) in [4.78, 5) is 8.00. The minimum Gasteiger partial charge on any atom is -0.481 e. The summed E-state index contributed by atoms with van der Waals surface area (Å²) < 4.78 is 5.02. The molecule has 0 radical (unpaired) electrons. The third-order valence-electron chi connectivity index (χ3n) is 2.27. The van der Waals surface area contributed by atoms with Gasteiger partial charge in [-0.05, 0) is 23.8 Å². The molecule has 0 saturated heterocycles. The summed E-state index contributed by atoms with van der Waals surface area (Å²) >= 11 is 5.81. The van der Waals surface area contributed by atoms with E-state index in [9.17, 15) is 0 Å². The largest absolute Gasteiger partial charge is 0.481 e. The molecule has 2 aromatic rings. The first kappa shape index (κ1) is 12.4. The average Bonchev–Trinajstić information content (AvgIpc) is 2.37. The molecule has 0 aliphatic heterocycles. The number of benzene rings is 1. The van der Waals surface area contributed by atoms with Crippen molar-refractivity contribution in [3.63, 3.8) is 0 Å². The molecule has 2 N–H and O–H groups in total. The Morgan fingerprint density at radius 3 is 2.56 bits per heavy atom. The summed E-state index contributed by atoms with van der Waals surface area (Å²) in [5.41, 5.74) is 7.28. The lowest BCUT2D eigenvalue weighted by Crippen LogP contribution is -1.98. The van der Waals surface area contributed by atoms with Crippen LogP contribution in [-0.4, -0.2) is 17.1 Å². The monoisotopic (exact) mass is 261 g/mol. The summed E-state index contributed by atoms with van der Waals surface area (Å²) in [5.74, 6) is 0.628. The topological polar surface area (TPSA) is 61.0 Å². The number of hydrogen-bond donors (Lipinski definition) is 1. The number of nitrogen functional groups attached to an aromatic ring is 1. The lowest BCUT2D eigenvalue weighted by molar-refractivity contribution is 0.397. The molecule has 5 heteroatoms. The van der Waals surface area contributed by atoms with Crippen LogP contribution in [0.2, 0.25) is 5.02 Å².